The number of hydrogen-bond donors (Lipinski definition) is 0. The molecule has 0 unspecified atom stereocenters. The normalized spacial score (nSPS) is 15.9. The summed E-state index contributed by atoms with van der Waals surface area (Å²) < 4.78 is 79.4. The molecule has 3 aromatic rings. The summed E-state index contributed by atoms with van der Waals surface area (Å²) in [4.78, 5) is 5.48. The topological polar surface area (TPSA) is 87.7 Å². The Morgan fingerprint density at radius 1 is 0.969 bits per heavy atom. The summed E-state index contributed by atoms with van der Waals surface area (Å²) in [6.07, 6.45) is 2.24. The molecule has 1 fully saturated rings. The van der Waals surface area contributed by atoms with Gasteiger partial charge in [0.1, 0.15) is 16.5 Å². The van der Waals surface area contributed by atoms with E-state index < -0.39 is 31.5 Å². The fourth-order valence-electron chi connectivity index (χ4n) is 3.67. The number of sulfonamides is 1. The monoisotopic (exact) mass is 501 g/mol. The quantitative estimate of drug-likeness (QED) is 0.511. The van der Waals surface area contributed by atoms with E-state index >= 15 is 0 Å². The van der Waals surface area contributed by atoms with Gasteiger partial charge in [-0.3, -0.25) is 4.98 Å². The molecule has 0 N–H and O–H groups in total. The van der Waals surface area contributed by atoms with Crippen LogP contribution in [0, 0.1) is 11.6 Å². The summed E-state index contributed by atoms with van der Waals surface area (Å²) in [5, 5.41) is 0.0544. The van der Waals surface area contributed by atoms with E-state index in [1.54, 1.807) is 4.90 Å². The highest BCUT2D eigenvalue weighted by Gasteiger charge is 2.31. The van der Waals surface area contributed by atoms with Crippen molar-refractivity contribution in [2.45, 2.75) is 9.79 Å². The minimum Gasteiger partial charge on any atom is -0.367 e. The number of rotatable bonds is 4. The van der Waals surface area contributed by atoms with Crippen LogP contribution in [0.5, 0.6) is 0 Å². The number of aromatic nitrogens is 1. The van der Waals surface area contributed by atoms with Crippen molar-refractivity contribution in [3.05, 3.63) is 59.3 Å². The van der Waals surface area contributed by atoms with Gasteiger partial charge in [0.25, 0.3) is 0 Å². The molecule has 0 bridgehead atoms. The molecule has 0 amide bonds. The number of sulfone groups is 1. The van der Waals surface area contributed by atoms with E-state index in [-0.39, 0.29) is 52.2 Å². The van der Waals surface area contributed by atoms with Gasteiger partial charge in [-0.25, -0.2) is 25.6 Å². The number of fused-ring (bicyclic) bond motifs is 1. The molecule has 1 aromatic heterocycles. The number of benzene rings is 2. The van der Waals surface area contributed by atoms with Gasteiger partial charge in [-0.05, 0) is 30.3 Å². The van der Waals surface area contributed by atoms with Crippen LogP contribution >= 0.6 is 11.6 Å². The Bertz CT molecular complexity index is 1420. The molecular formula is C20H18ClF2N3O4S2. The first-order valence-corrected chi connectivity index (χ1v) is 13.2. The molecule has 0 aliphatic carbocycles. The van der Waals surface area contributed by atoms with Gasteiger partial charge in [-0.15, -0.1) is 0 Å². The van der Waals surface area contributed by atoms with E-state index in [9.17, 15) is 25.6 Å². The van der Waals surface area contributed by atoms with Crippen LogP contribution in [0.2, 0.25) is 5.02 Å². The van der Waals surface area contributed by atoms with Gasteiger partial charge >= 0.3 is 0 Å². The molecule has 32 heavy (non-hydrogen) atoms. The summed E-state index contributed by atoms with van der Waals surface area (Å²) in [6.45, 7) is 0.754. The van der Waals surface area contributed by atoms with E-state index in [1.165, 1.54) is 22.5 Å². The number of hydrogen-bond acceptors (Lipinski definition) is 6. The zero-order valence-corrected chi connectivity index (χ0v) is 19.2. The highest BCUT2D eigenvalue weighted by atomic mass is 35.5. The van der Waals surface area contributed by atoms with E-state index in [0.717, 1.165) is 30.7 Å². The second kappa shape index (κ2) is 8.22. The minimum absolute atomic E-state index is 0.158. The number of piperazine rings is 1. The third-order valence-electron chi connectivity index (χ3n) is 5.28. The highest BCUT2D eigenvalue weighted by molar-refractivity contribution is 7.91. The fourth-order valence-corrected chi connectivity index (χ4v) is 6.20. The molecule has 1 aliphatic rings. The lowest BCUT2D eigenvalue weighted by Crippen LogP contribution is -2.48. The smallest absolute Gasteiger partial charge is 0.211 e. The van der Waals surface area contributed by atoms with Gasteiger partial charge < -0.3 is 4.90 Å². The minimum atomic E-state index is -4.18. The van der Waals surface area contributed by atoms with Gasteiger partial charge in [0, 0.05) is 43.8 Å². The Morgan fingerprint density at radius 2 is 1.66 bits per heavy atom. The second-order valence-corrected chi connectivity index (χ2v) is 11.7. The van der Waals surface area contributed by atoms with Gasteiger partial charge in [0.15, 0.2) is 0 Å². The Kier molecular flexibility index (Phi) is 5.86. The van der Waals surface area contributed by atoms with Crippen LogP contribution in [0.25, 0.3) is 10.9 Å². The van der Waals surface area contributed by atoms with Crippen molar-refractivity contribution in [3.63, 3.8) is 0 Å². The van der Waals surface area contributed by atoms with Crippen LogP contribution < -0.4 is 4.90 Å². The fraction of sp³-hybridized carbons (Fsp3) is 0.250. The van der Waals surface area contributed by atoms with Gasteiger partial charge in [-0.2, -0.15) is 4.31 Å². The molecule has 1 aliphatic heterocycles. The van der Waals surface area contributed by atoms with Crippen molar-refractivity contribution in [1.29, 1.82) is 0 Å². The van der Waals surface area contributed by atoms with Crippen molar-refractivity contribution in [3.8, 4) is 0 Å². The molecular weight excluding hydrogens is 484 g/mol. The molecule has 0 saturated carbocycles. The average molecular weight is 502 g/mol. The van der Waals surface area contributed by atoms with Crippen molar-refractivity contribution in [1.82, 2.24) is 9.29 Å². The SMILES string of the molecule is CS(=O)(=O)N1CCN(c2c(S(=O)(=O)c3ccc(F)c(Cl)c3)cnc3cc(F)ccc23)CC1. The standard InChI is InChI=1S/C20H18ClF2N3O4S2/c1-31(27,28)26-8-6-25(7-9-26)20-15-4-2-13(22)10-18(15)24-12-19(20)32(29,30)14-3-5-17(23)16(21)11-14/h2-5,10-12H,6-9H2,1H3. The highest BCUT2D eigenvalue weighted by Crippen LogP contribution is 2.37. The van der Waals surface area contributed by atoms with E-state index in [2.05, 4.69) is 4.98 Å². The third-order valence-corrected chi connectivity index (χ3v) is 8.63. The van der Waals surface area contributed by atoms with Crippen LogP contribution in [0.3, 0.4) is 0 Å². The van der Waals surface area contributed by atoms with Gasteiger partial charge in [0.05, 0.1) is 27.4 Å². The lowest BCUT2D eigenvalue weighted by molar-refractivity contribution is 0.387. The zero-order chi connectivity index (χ0) is 23.3. The molecule has 1 saturated heterocycles. The molecule has 7 nitrogen and oxygen atoms in total. The van der Waals surface area contributed by atoms with E-state index in [4.69, 9.17) is 11.6 Å². The Balaban J connectivity index is 1.88. The predicted octanol–water partition coefficient (Wildman–Crippen LogP) is 3.08. The summed E-state index contributed by atoms with van der Waals surface area (Å²) in [5.74, 6) is -1.28. The largest absolute Gasteiger partial charge is 0.367 e. The molecule has 2 heterocycles. The van der Waals surface area contributed by atoms with E-state index in [0.29, 0.717) is 5.39 Å². The van der Waals surface area contributed by atoms with Crippen molar-refractivity contribution in [2.75, 3.05) is 37.3 Å². The van der Waals surface area contributed by atoms with Crippen LogP contribution in [0.4, 0.5) is 14.5 Å². The molecule has 4 rings (SSSR count). The maximum absolute atomic E-state index is 13.8. The van der Waals surface area contributed by atoms with Crippen molar-refractivity contribution < 1.29 is 25.6 Å². The van der Waals surface area contributed by atoms with Crippen LogP contribution in [0.15, 0.2) is 52.4 Å². The summed E-state index contributed by atoms with van der Waals surface area (Å²) >= 11 is 5.80. The number of anilines is 1. The summed E-state index contributed by atoms with van der Waals surface area (Å²) in [5.41, 5.74) is 0.533. The van der Waals surface area contributed by atoms with E-state index in [1.807, 2.05) is 0 Å². The number of halogens is 3. The lowest BCUT2D eigenvalue weighted by Gasteiger charge is -2.36. The molecule has 2 aromatic carbocycles. The lowest BCUT2D eigenvalue weighted by atomic mass is 10.1. The number of pyridine rings is 1. The van der Waals surface area contributed by atoms with Gasteiger partial charge in [-0.1, -0.05) is 11.6 Å². The summed E-state index contributed by atoms with van der Waals surface area (Å²) in [6, 6.07) is 6.92. The number of nitrogens with zero attached hydrogens (tertiary/aromatic N) is 3. The van der Waals surface area contributed by atoms with Crippen molar-refractivity contribution in [2.24, 2.45) is 0 Å². The first-order valence-electron chi connectivity index (χ1n) is 9.47. The predicted molar refractivity (Wildman–Crippen MR) is 117 cm³/mol. The molecule has 0 atom stereocenters. The maximum Gasteiger partial charge on any atom is 0.211 e. The summed E-state index contributed by atoms with van der Waals surface area (Å²) in [7, 11) is -7.58. The first kappa shape index (κ1) is 22.8. The van der Waals surface area contributed by atoms with Gasteiger partial charge in [0.2, 0.25) is 19.9 Å². The Labute approximate surface area is 189 Å². The Hall–Kier alpha value is -2.34. The molecule has 0 spiro atoms. The third kappa shape index (κ3) is 4.17. The Morgan fingerprint density at radius 3 is 2.28 bits per heavy atom. The van der Waals surface area contributed by atoms with Crippen molar-refractivity contribution >= 4 is 48.1 Å². The molecule has 12 heteroatoms. The maximum atomic E-state index is 13.8. The average Bonchev–Trinajstić information content (AvgIpc) is 2.74. The zero-order valence-electron chi connectivity index (χ0n) is 16.8. The van der Waals surface area contributed by atoms with Crippen LogP contribution in [-0.2, 0) is 19.9 Å². The van der Waals surface area contributed by atoms with Crippen LogP contribution in [0.1, 0.15) is 0 Å². The second-order valence-electron chi connectivity index (χ2n) is 7.36. The van der Waals surface area contributed by atoms with Crippen LogP contribution in [-0.4, -0.2) is 58.6 Å². The molecule has 0 radical (unpaired) electrons. The first-order chi connectivity index (χ1) is 15.0. The molecule has 170 valence electrons.